The van der Waals surface area contributed by atoms with E-state index >= 15 is 0 Å². The largest absolute Gasteiger partial charge is 0.336 e. The third-order valence-electron chi connectivity index (χ3n) is 3.51. The Morgan fingerprint density at radius 2 is 2.19 bits per heavy atom. The Bertz CT molecular complexity index is 610. The lowest BCUT2D eigenvalue weighted by Gasteiger charge is -2.21. The van der Waals surface area contributed by atoms with Gasteiger partial charge >= 0.3 is 0 Å². The van der Waals surface area contributed by atoms with Crippen LogP contribution in [0.25, 0.3) is 0 Å². The van der Waals surface area contributed by atoms with Gasteiger partial charge in [0, 0.05) is 42.7 Å². The van der Waals surface area contributed by atoms with Gasteiger partial charge in [-0.15, -0.1) is 0 Å². The van der Waals surface area contributed by atoms with Crippen LogP contribution in [-0.4, -0.2) is 20.5 Å². The van der Waals surface area contributed by atoms with E-state index in [0.29, 0.717) is 5.56 Å². The summed E-state index contributed by atoms with van der Waals surface area (Å²) in [5, 5.41) is 14.5. The van der Waals surface area contributed by atoms with Gasteiger partial charge in [-0.25, -0.2) is 4.98 Å². The Balaban J connectivity index is 2.04. The number of nitrogens with zero attached hydrogens (tertiary/aromatic N) is 3. The summed E-state index contributed by atoms with van der Waals surface area (Å²) in [4.78, 5) is 14.7. The fraction of sp³-hybridized carbons (Fsp3) is 0.400. The van der Waals surface area contributed by atoms with E-state index in [4.69, 9.17) is 0 Å². The summed E-state index contributed by atoms with van der Waals surface area (Å²) in [6.45, 7) is 6.65. The number of benzene rings is 1. The minimum atomic E-state index is -0.333. The van der Waals surface area contributed by atoms with Crippen molar-refractivity contribution >= 4 is 5.69 Å². The molecular weight excluding hydrogens is 268 g/mol. The average molecular weight is 288 g/mol. The van der Waals surface area contributed by atoms with Crippen molar-refractivity contribution in [3.8, 4) is 0 Å². The molecule has 6 heteroatoms. The van der Waals surface area contributed by atoms with Crippen LogP contribution in [0.2, 0.25) is 0 Å². The zero-order valence-electron chi connectivity index (χ0n) is 12.5. The van der Waals surface area contributed by atoms with Gasteiger partial charge in [-0.3, -0.25) is 10.1 Å². The van der Waals surface area contributed by atoms with Gasteiger partial charge in [0.05, 0.1) is 11.3 Å². The SMILES string of the molecule is Cc1ccc(C(C)NC(C)Cn2ccnc2)cc1[N+](=O)[O-]. The number of nitro groups is 1. The van der Waals surface area contributed by atoms with Gasteiger partial charge in [0.2, 0.25) is 0 Å². The van der Waals surface area contributed by atoms with Gasteiger partial charge in [0.25, 0.3) is 5.69 Å². The Morgan fingerprint density at radius 3 is 2.81 bits per heavy atom. The lowest BCUT2D eigenvalue weighted by molar-refractivity contribution is -0.385. The van der Waals surface area contributed by atoms with Crippen molar-refractivity contribution in [3.05, 3.63) is 58.2 Å². The van der Waals surface area contributed by atoms with Crippen LogP contribution in [0.4, 0.5) is 5.69 Å². The maximum absolute atomic E-state index is 11.0. The summed E-state index contributed by atoms with van der Waals surface area (Å²) in [6.07, 6.45) is 5.44. The molecule has 0 aliphatic rings. The number of hydrogen-bond acceptors (Lipinski definition) is 4. The molecule has 1 aromatic heterocycles. The molecule has 0 saturated carbocycles. The average Bonchev–Trinajstić information content (AvgIpc) is 2.91. The Kier molecular flexibility index (Phi) is 4.70. The molecule has 1 heterocycles. The van der Waals surface area contributed by atoms with Crippen LogP contribution in [0, 0.1) is 17.0 Å². The molecule has 112 valence electrons. The van der Waals surface area contributed by atoms with Crippen molar-refractivity contribution in [2.45, 2.75) is 39.4 Å². The Hall–Kier alpha value is -2.21. The maximum Gasteiger partial charge on any atom is 0.272 e. The van der Waals surface area contributed by atoms with Gasteiger partial charge in [0.15, 0.2) is 0 Å². The van der Waals surface area contributed by atoms with E-state index in [-0.39, 0.29) is 22.7 Å². The lowest BCUT2D eigenvalue weighted by Crippen LogP contribution is -2.32. The summed E-state index contributed by atoms with van der Waals surface area (Å²) in [5.41, 5.74) is 1.77. The summed E-state index contributed by atoms with van der Waals surface area (Å²) in [7, 11) is 0. The first kappa shape index (κ1) is 15.2. The van der Waals surface area contributed by atoms with Crippen molar-refractivity contribution in [2.24, 2.45) is 0 Å². The number of aryl methyl sites for hydroxylation is 1. The van der Waals surface area contributed by atoms with E-state index in [2.05, 4.69) is 17.2 Å². The first-order valence-corrected chi connectivity index (χ1v) is 6.94. The number of rotatable bonds is 6. The molecule has 0 bridgehead atoms. The minimum Gasteiger partial charge on any atom is -0.336 e. The second-order valence-corrected chi connectivity index (χ2v) is 5.35. The van der Waals surface area contributed by atoms with Gasteiger partial charge in [-0.2, -0.15) is 0 Å². The highest BCUT2D eigenvalue weighted by molar-refractivity contribution is 5.43. The van der Waals surface area contributed by atoms with E-state index in [0.717, 1.165) is 12.1 Å². The van der Waals surface area contributed by atoms with Crippen LogP contribution < -0.4 is 5.32 Å². The van der Waals surface area contributed by atoms with E-state index in [9.17, 15) is 10.1 Å². The van der Waals surface area contributed by atoms with Crippen LogP contribution in [0.5, 0.6) is 0 Å². The second kappa shape index (κ2) is 6.49. The number of imidazole rings is 1. The molecule has 0 aliphatic carbocycles. The maximum atomic E-state index is 11.0. The molecule has 0 spiro atoms. The summed E-state index contributed by atoms with van der Waals surface area (Å²) >= 11 is 0. The zero-order valence-corrected chi connectivity index (χ0v) is 12.5. The highest BCUT2D eigenvalue weighted by atomic mass is 16.6. The Labute approximate surface area is 124 Å². The molecule has 0 aliphatic heterocycles. The van der Waals surface area contributed by atoms with Crippen LogP contribution in [0.15, 0.2) is 36.9 Å². The van der Waals surface area contributed by atoms with Crippen molar-refractivity contribution in [2.75, 3.05) is 0 Å². The van der Waals surface area contributed by atoms with Crippen molar-refractivity contribution in [1.29, 1.82) is 0 Å². The van der Waals surface area contributed by atoms with E-state index < -0.39 is 0 Å². The highest BCUT2D eigenvalue weighted by Gasteiger charge is 2.15. The number of nitrogens with one attached hydrogen (secondary N) is 1. The first-order chi connectivity index (χ1) is 9.97. The molecule has 1 N–H and O–H groups in total. The van der Waals surface area contributed by atoms with Crippen LogP contribution >= 0.6 is 0 Å². The van der Waals surface area contributed by atoms with Gasteiger partial charge in [0.1, 0.15) is 0 Å². The lowest BCUT2D eigenvalue weighted by atomic mass is 10.0. The second-order valence-electron chi connectivity index (χ2n) is 5.35. The van der Waals surface area contributed by atoms with E-state index in [1.54, 1.807) is 31.6 Å². The molecule has 2 unspecified atom stereocenters. The molecule has 21 heavy (non-hydrogen) atoms. The number of hydrogen-bond donors (Lipinski definition) is 1. The molecule has 0 saturated heterocycles. The smallest absolute Gasteiger partial charge is 0.272 e. The normalized spacial score (nSPS) is 13.9. The van der Waals surface area contributed by atoms with Crippen LogP contribution in [0.1, 0.15) is 31.0 Å². The molecule has 2 aromatic rings. The van der Waals surface area contributed by atoms with E-state index in [1.807, 2.05) is 23.8 Å². The van der Waals surface area contributed by atoms with Crippen LogP contribution in [0.3, 0.4) is 0 Å². The van der Waals surface area contributed by atoms with Crippen LogP contribution in [-0.2, 0) is 6.54 Å². The fourth-order valence-corrected chi connectivity index (χ4v) is 2.38. The number of aromatic nitrogens is 2. The molecule has 2 atom stereocenters. The minimum absolute atomic E-state index is 0.0443. The zero-order chi connectivity index (χ0) is 15.4. The first-order valence-electron chi connectivity index (χ1n) is 6.94. The topological polar surface area (TPSA) is 73.0 Å². The molecule has 1 aromatic carbocycles. The third kappa shape index (κ3) is 3.88. The van der Waals surface area contributed by atoms with E-state index in [1.165, 1.54) is 0 Å². The molecule has 6 nitrogen and oxygen atoms in total. The fourth-order valence-electron chi connectivity index (χ4n) is 2.38. The third-order valence-corrected chi connectivity index (χ3v) is 3.51. The highest BCUT2D eigenvalue weighted by Crippen LogP contribution is 2.23. The molecular formula is C15H20N4O2. The molecule has 0 radical (unpaired) electrons. The monoisotopic (exact) mass is 288 g/mol. The summed E-state index contributed by atoms with van der Waals surface area (Å²) in [6, 6.07) is 5.66. The number of nitro benzene ring substituents is 1. The van der Waals surface area contributed by atoms with Gasteiger partial charge < -0.3 is 9.88 Å². The van der Waals surface area contributed by atoms with Crippen molar-refractivity contribution in [3.63, 3.8) is 0 Å². The standard InChI is InChI=1S/C15H20N4O2/c1-11-4-5-14(8-15(11)19(20)21)13(3)17-12(2)9-18-7-6-16-10-18/h4-8,10,12-13,17H,9H2,1-3H3. The predicted molar refractivity (Wildman–Crippen MR) is 81.1 cm³/mol. The summed E-state index contributed by atoms with van der Waals surface area (Å²) in [5.74, 6) is 0. The molecule has 0 fully saturated rings. The molecule has 0 amide bonds. The quantitative estimate of drug-likeness (QED) is 0.655. The van der Waals surface area contributed by atoms with Gasteiger partial charge in [-0.05, 0) is 26.3 Å². The Morgan fingerprint density at radius 1 is 1.43 bits per heavy atom. The van der Waals surface area contributed by atoms with Crippen molar-refractivity contribution in [1.82, 2.24) is 14.9 Å². The molecule has 2 rings (SSSR count). The predicted octanol–water partition coefficient (Wildman–Crippen LogP) is 2.84. The summed E-state index contributed by atoms with van der Waals surface area (Å²) < 4.78 is 2.00. The van der Waals surface area contributed by atoms with Gasteiger partial charge in [-0.1, -0.05) is 12.1 Å². The van der Waals surface area contributed by atoms with Crippen molar-refractivity contribution < 1.29 is 4.92 Å².